The standard InChI is InChI=1S/C18H13FN4O2S/c19-12-6-2-1-5-11(12)9-16-20-21-18-23(16)22-17(26-18)15-10-24-13-7-3-4-8-14(13)25-15/h1-8,15H,9-10H2. The molecule has 0 spiro atoms. The van der Waals surface area contributed by atoms with Crippen molar-refractivity contribution in [2.24, 2.45) is 0 Å². The smallest absolute Gasteiger partial charge is 0.234 e. The fourth-order valence-electron chi connectivity index (χ4n) is 2.87. The minimum Gasteiger partial charge on any atom is -0.485 e. The number of hydrogen-bond donors (Lipinski definition) is 0. The van der Waals surface area contributed by atoms with Crippen molar-refractivity contribution < 1.29 is 13.9 Å². The summed E-state index contributed by atoms with van der Waals surface area (Å²) in [7, 11) is 0. The maximum absolute atomic E-state index is 13.9. The maximum atomic E-state index is 13.9. The molecule has 1 atom stereocenters. The Bertz CT molecular complexity index is 1090. The monoisotopic (exact) mass is 368 g/mol. The van der Waals surface area contributed by atoms with Crippen molar-refractivity contribution >= 4 is 16.3 Å². The maximum Gasteiger partial charge on any atom is 0.234 e. The first-order valence-electron chi connectivity index (χ1n) is 8.11. The molecule has 2 aromatic heterocycles. The van der Waals surface area contributed by atoms with E-state index in [4.69, 9.17) is 9.47 Å². The summed E-state index contributed by atoms with van der Waals surface area (Å²) >= 11 is 1.39. The Kier molecular flexibility index (Phi) is 3.56. The van der Waals surface area contributed by atoms with Gasteiger partial charge in [0, 0.05) is 6.42 Å². The van der Waals surface area contributed by atoms with Crippen LogP contribution in [0.5, 0.6) is 11.5 Å². The van der Waals surface area contributed by atoms with Gasteiger partial charge in [-0.05, 0) is 23.8 Å². The van der Waals surface area contributed by atoms with E-state index >= 15 is 0 Å². The molecule has 0 aliphatic carbocycles. The number of fused-ring (bicyclic) bond motifs is 2. The molecule has 5 rings (SSSR count). The normalized spacial score (nSPS) is 16.1. The van der Waals surface area contributed by atoms with Crippen molar-refractivity contribution in [2.75, 3.05) is 6.61 Å². The van der Waals surface area contributed by atoms with E-state index in [1.54, 1.807) is 22.7 Å². The van der Waals surface area contributed by atoms with E-state index in [1.807, 2.05) is 24.3 Å². The van der Waals surface area contributed by atoms with E-state index in [0.717, 1.165) is 10.8 Å². The van der Waals surface area contributed by atoms with E-state index in [1.165, 1.54) is 17.4 Å². The van der Waals surface area contributed by atoms with Crippen LogP contribution >= 0.6 is 11.3 Å². The number of benzene rings is 2. The van der Waals surface area contributed by atoms with Gasteiger partial charge in [-0.1, -0.05) is 41.7 Å². The molecule has 0 saturated carbocycles. The zero-order valence-corrected chi connectivity index (χ0v) is 14.3. The van der Waals surface area contributed by atoms with Crippen molar-refractivity contribution in [2.45, 2.75) is 12.5 Å². The summed E-state index contributed by atoms with van der Waals surface area (Å²) in [6, 6.07) is 14.2. The molecule has 1 aliphatic rings. The van der Waals surface area contributed by atoms with Crippen molar-refractivity contribution in [1.29, 1.82) is 0 Å². The zero-order valence-electron chi connectivity index (χ0n) is 13.5. The van der Waals surface area contributed by atoms with Gasteiger partial charge < -0.3 is 9.47 Å². The van der Waals surface area contributed by atoms with Gasteiger partial charge in [0.2, 0.25) is 4.96 Å². The number of ether oxygens (including phenoxy) is 2. The molecule has 4 aromatic rings. The molecular weight excluding hydrogens is 355 g/mol. The van der Waals surface area contributed by atoms with Crippen LogP contribution in [0, 0.1) is 5.82 Å². The third kappa shape index (κ3) is 2.59. The molecule has 3 heterocycles. The molecule has 0 amide bonds. The number of hydrogen-bond acceptors (Lipinski definition) is 6. The Morgan fingerprint density at radius 1 is 1.08 bits per heavy atom. The lowest BCUT2D eigenvalue weighted by molar-refractivity contribution is 0.0904. The Hall–Kier alpha value is -3.00. The minimum absolute atomic E-state index is 0.264. The summed E-state index contributed by atoms with van der Waals surface area (Å²) < 4.78 is 27.3. The minimum atomic E-state index is -0.307. The van der Waals surface area contributed by atoms with Gasteiger partial charge in [0.05, 0.1) is 0 Å². The van der Waals surface area contributed by atoms with E-state index in [2.05, 4.69) is 15.3 Å². The van der Waals surface area contributed by atoms with Crippen LogP contribution in [0.4, 0.5) is 4.39 Å². The Morgan fingerprint density at radius 3 is 2.77 bits per heavy atom. The average molecular weight is 368 g/mol. The van der Waals surface area contributed by atoms with Crippen molar-refractivity contribution in [3.63, 3.8) is 0 Å². The highest BCUT2D eigenvalue weighted by Gasteiger charge is 2.26. The van der Waals surface area contributed by atoms with E-state index in [-0.39, 0.29) is 11.9 Å². The van der Waals surface area contributed by atoms with Crippen LogP contribution in [-0.4, -0.2) is 26.4 Å². The van der Waals surface area contributed by atoms with Crippen LogP contribution in [0.25, 0.3) is 4.96 Å². The molecule has 1 aliphatic heterocycles. The largest absolute Gasteiger partial charge is 0.485 e. The predicted octanol–water partition coefficient (Wildman–Crippen LogP) is 3.43. The van der Waals surface area contributed by atoms with Crippen LogP contribution in [-0.2, 0) is 6.42 Å². The van der Waals surface area contributed by atoms with Crippen LogP contribution in [0.2, 0.25) is 0 Å². The first-order chi connectivity index (χ1) is 12.8. The molecule has 0 bridgehead atoms. The van der Waals surface area contributed by atoms with Crippen LogP contribution in [0.15, 0.2) is 48.5 Å². The zero-order chi connectivity index (χ0) is 17.5. The third-order valence-corrected chi connectivity index (χ3v) is 5.15. The highest BCUT2D eigenvalue weighted by atomic mass is 32.1. The number of rotatable bonds is 3. The molecule has 0 fully saturated rings. The molecule has 2 aromatic carbocycles. The molecule has 26 heavy (non-hydrogen) atoms. The molecule has 0 saturated heterocycles. The highest BCUT2D eigenvalue weighted by molar-refractivity contribution is 7.16. The van der Waals surface area contributed by atoms with Gasteiger partial charge in [-0.15, -0.1) is 10.2 Å². The first kappa shape index (κ1) is 15.3. The fraction of sp³-hybridized carbons (Fsp3) is 0.167. The Morgan fingerprint density at radius 2 is 1.88 bits per heavy atom. The summed E-state index contributed by atoms with van der Waals surface area (Å²) in [4.78, 5) is 0.647. The molecule has 8 heteroatoms. The second kappa shape index (κ2) is 6.06. The van der Waals surface area contributed by atoms with Crippen molar-refractivity contribution in [1.82, 2.24) is 19.8 Å². The number of aromatic nitrogens is 4. The number of nitrogens with zero attached hydrogens (tertiary/aromatic N) is 4. The third-order valence-electron chi connectivity index (χ3n) is 4.16. The second-order valence-corrected chi connectivity index (χ2v) is 6.87. The summed E-state index contributed by atoms with van der Waals surface area (Å²) in [6.07, 6.45) is 0.0138. The lowest BCUT2D eigenvalue weighted by atomic mass is 10.1. The molecular formula is C18H13FN4O2S. The Labute approximate surface area is 151 Å². The van der Waals surface area contributed by atoms with Gasteiger partial charge in [0.15, 0.2) is 28.4 Å². The van der Waals surface area contributed by atoms with Crippen LogP contribution in [0.1, 0.15) is 22.5 Å². The van der Waals surface area contributed by atoms with Crippen molar-refractivity contribution in [3.8, 4) is 11.5 Å². The molecule has 0 radical (unpaired) electrons. The molecule has 0 N–H and O–H groups in total. The van der Waals surface area contributed by atoms with Gasteiger partial charge in [0.1, 0.15) is 12.4 Å². The van der Waals surface area contributed by atoms with E-state index in [0.29, 0.717) is 35.1 Å². The van der Waals surface area contributed by atoms with Gasteiger partial charge in [-0.25, -0.2) is 4.39 Å². The molecule has 6 nitrogen and oxygen atoms in total. The quantitative estimate of drug-likeness (QED) is 0.554. The topological polar surface area (TPSA) is 61.5 Å². The second-order valence-electron chi connectivity index (χ2n) is 5.88. The highest BCUT2D eigenvalue weighted by Crippen LogP contribution is 2.36. The van der Waals surface area contributed by atoms with Crippen LogP contribution in [0.3, 0.4) is 0 Å². The van der Waals surface area contributed by atoms with E-state index < -0.39 is 0 Å². The Balaban J connectivity index is 1.45. The van der Waals surface area contributed by atoms with Gasteiger partial charge >= 0.3 is 0 Å². The average Bonchev–Trinajstić information content (AvgIpc) is 3.25. The van der Waals surface area contributed by atoms with Crippen LogP contribution < -0.4 is 9.47 Å². The lowest BCUT2D eigenvalue weighted by Crippen LogP contribution is -2.21. The number of para-hydroxylation sites is 2. The summed E-state index contributed by atoms with van der Waals surface area (Å²) in [5, 5.41) is 13.6. The summed E-state index contributed by atoms with van der Waals surface area (Å²) in [5.41, 5.74) is 0.558. The van der Waals surface area contributed by atoms with E-state index in [9.17, 15) is 4.39 Å². The number of halogens is 1. The summed E-state index contributed by atoms with van der Waals surface area (Å²) in [6.45, 7) is 0.379. The first-order valence-corrected chi connectivity index (χ1v) is 8.92. The SMILES string of the molecule is Fc1ccccc1Cc1nnc2sc(C3COc4ccccc4O3)nn12. The lowest BCUT2D eigenvalue weighted by Gasteiger charge is -2.24. The predicted molar refractivity (Wildman–Crippen MR) is 93.2 cm³/mol. The van der Waals surface area contributed by atoms with Gasteiger partial charge in [-0.2, -0.15) is 9.61 Å². The fourth-order valence-corrected chi connectivity index (χ4v) is 3.74. The summed E-state index contributed by atoms with van der Waals surface area (Å²) in [5.74, 6) is 1.75. The van der Waals surface area contributed by atoms with Crippen molar-refractivity contribution in [3.05, 3.63) is 70.7 Å². The van der Waals surface area contributed by atoms with Gasteiger partial charge in [0.25, 0.3) is 0 Å². The van der Waals surface area contributed by atoms with Gasteiger partial charge in [-0.3, -0.25) is 0 Å². The molecule has 1 unspecified atom stereocenters. The molecule has 130 valence electrons.